The zero-order valence-electron chi connectivity index (χ0n) is 18.3. The van der Waals surface area contributed by atoms with Crippen LogP contribution in [0.15, 0.2) is 42.5 Å². The lowest BCUT2D eigenvalue weighted by Gasteiger charge is -2.32. The molecule has 162 valence electrons. The van der Waals surface area contributed by atoms with Gasteiger partial charge in [0.15, 0.2) is 17.5 Å². The molecule has 0 bridgehead atoms. The number of quaternary nitrogens is 2. The van der Waals surface area contributed by atoms with E-state index in [1.165, 1.54) is 15.4 Å². The molecule has 0 unspecified atom stereocenters. The number of hydrogen-bond donors (Lipinski definition) is 3. The number of methoxy groups -OCH3 is 3. The molecule has 0 aromatic heterocycles. The monoisotopic (exact) mass is 415 g/mol. The molecule has 1 heterocycles. The molecule has 1 aliphatic heterocycles. The molecule has 0 radical (unpaired) electrons. The first-order valence-electron chi connectivity index (χ1n) is 10.4. The summed E-state index contributed by atoms with van der Waals surface area (Å²) in [7, 11) is 4.93. The minimum Gasteiger partial charge on any atom is -0.497 e. The molecular formula is C23H33N3O4+2. The van der Waals surface area contributed by atoms with Crippen molar-refractivity contribution < 1.29 is 28.8 Å². The van der Waals surface area contributed by atoms with Crippen molar-refractivity contribution in [3.8, 4) is 17.2 Å². The summed E-state index contributed by atoms with van der Waals surface area (Å²) < 4.78 is 16.0. The summed E-state index contributed by atoms with van der Waals surface area (Å²) in [6.07, 6.45) is 0. The van der Waals surface area contributed by atoms with Crippen molar-refractivity contribution in [3.63, 3.8) is 0 Å². The summed E-state index contributed by atoms with van der Waals surface area (Å²) in [5, 5.41) is 3.02. The van der Waals surface area contributed by atoms with Crippen LogP contribution >= 0.6 is 0 Å². The predicted octanol–water partition coefficient (Wildman–Crippen LogP) is 0.0230. The molecule has 0 saturated carbocycles. The maximum Gasteiger partial charge on any atom is 0.282 e. The first kappa shape index (κ1) is 21.9. The Bertz CT molecular complexity index is 850. The number of nitrogens with one attached hydrogen (secondary N) is 3. The SMILES string of the molecule is COc1cccc(NC(=O)[C@H](C)[NH+]2CC[NH+](Cc3ccc(OC)c(OC)c3)CC2)c1. The Morgan fingerprint density at radius 2 is 1.70 bits per heavy atom. The Hall–Kier alpha value is -2.77. The van der Waals surface area contributed by atoms with Crippen LogP contribution in [-0.2, 0) is 11.3 Å². The van der Waals surface area contributed by atoms with Gasteiger partial charge in [-0.1, -0.05) is 6.07 Å². The fourth-order valence-corrected chi connectivity index (χ4v) is 3.95. The molecule has 1 saturated heterocycles. The molecule has 0 spiro atoms. The van der Waals surface area contributed by atoms with Crippen molar-refractivity contribution in [2.45, 2.75) is 19.5 Å². The second-order valence-corrected chi connectivity index (χ2v) is 7.72. The maximum atomic E-state index is 12.7. The third-order valence-electron chi connectivity index (χ3n) is 5.84. The topological polar surface area (TPSA) is 65.7 Å². The highest BCUT2D eigenvalue weighted by Crippen LogP contribution is 2.27. The summed E-state index contributed by atoms with van der Waals surface area (Å²) in [4.78, 5) is 15.6. The molecule has 1 atom stereocenters. The van der Waals surface area contributed by atoms with E-state index in [0.717, 1.165) is 55.7 Å². The number of carbonyl (C=O) groups excluding carboxylic acids is 1. The van der Waals surface area contributed by atoms with E-state index in [-0.39, 0.29) is 11.9 Å². The molecule has 1 fully saturated rings. The van der Waals surface area contributed by atoms with Crippen LogP contribution in [0, 0.1) is 0 Å². The lowest BCUT2D eigenvalue weighted by molar-refractivity contribution is -1.02. The average Bonchev–Trinajstić information content (AvgIpc) is 2.79. The lowest BCUT2D eigenvalue weighted by atomic mass is 10.1. The van der Waals surface area contributed by atoms with Crippen molar-refractivity contribution in [1.82, 2.24) is 0 Å². The third-order valence-corrected chi connectivity index (χ3v) is 5.84. The molecule has 2 aromatic carbocycles. The number of carbonyl (C=O) groups is 1. The summed E-state index contributed by atoms with van der Waals surface area (Å²) in [5.74, 6) is 2.30. The molecule has 0 aliphatic carbocycles. The highest BCUT2D eigenvalue weighted by Gasteiger charge is 2.31. The van der Waals surface area contributed by atoms with Crippen LogP contribution < -0.4 is 29.3 Å². The van der Waals surface area contributed by atoms with Crippen molar-refractivity contribution in [2.24, 2.45) is 0 Å². The maximum absolute atomic E-state index is 12.7. The first-order valence-corrected chi connectivity index (χ1v) is 10.4. The molecular weight excluding hydrogens is 382 g/mol. The van der Waals surface area contributed by atoms with Gasteiger partial charge in [-0.2, -0.15) is 0 Å². The normalized spacial score (nSPS) is 19.6. The quantitative estimate of drug-likeness (QED) is 0.569. The second kappa shape index (κ2) is 10.3. The van der Waals surface area contributed by atoms with Crippen LogP contribution in [0.1, 0.15) is 12.5 Å². The van der Waals surface area contributed by atoms with E-state index in [1.54, 1.807) is 21.3 Å². The highest BCUT2D eigenvalue weighted by molar-refractivity contribution is 5.93. The summed E-state index contributed by atoms with van der Waals surface area (Å²) in [6, 6.07) is 13.5. The van der Waals surface area contributed by atoms with Crippen LogP contribution in [-0.4, -0.2) is 59.5 Å². The third kappa shape index (κ3) is 5.43. The molecule has 1 amide bonds. The summed E-state index contributed by atoms with van der Waals surface area (Å²) in [6.45, 7) is 6.94. The van der Waals surface area contributed by atoms with Gasteiger partial charge in [-0.05, 0) is 37.3 Å². The van der Waals surface area contributed by atoms with Gasteiger partial charge in [0.2, 0.25) is 0 Å². The Morgan fingerprint density at radius 1 is 0.967 bits per heavy atom. The van der Waals surface area contributed by atoms with E-state index in [2.05, 4.69) is 17.4 Å². The zero-order valence-corrected chi connectivity index (χ0v) is 18.3. The first-order chi connectivity index (χ1) is 14.5. The number of piperazine rings is 1. The minimum atomic E-state index is -0.0983. The fourth-order valence-electron chi connectivity index (χ4n) is 3.95. The van der Waals surface area contributed by atoms with Gasteiger partial charge in [0.25, 0.3) is 5.91 Å². The van der Waals surface area contributed by atoms with Gasteiger partial charge in [-0.3, -0.25) is 4.79 Å². The fraction of sp³-hybridized carbons (Fsp3) is 0.435. The van der Waals surface area contributed by atoms with Crippen LogP contribution in [0.25, 0.3) is 0 Å². The van der Waals surface area contributed by atoms with E-state index >= 15 is 0 Å². The van der Waals surface area contributed by atoms with Gasteiger partial charge in [-0.25, -0.2) is 0 Å². The lowest BCUT2D eigenvalue weighted by Crippen LogP contribution is -3.29. The zero-order chi connectivity index (χ0) is 21.5. The Balaban J connectivity index is 1.51. The van der Waals surface area contributed by atoms with Crippen LogP contribution in [0.3, 0.4) is 0 Å². The van der Waals surface area contributed by atoms with Gasteiger partial charge in [0.05, 0.1) is 21.3 Å². The average molecular weight is 416 g/mol. The van der Waals surface area contributed by atoms with E-state index < -0.39 is 0 Å². The van der Waals surface area contributed by atoms with E-state index in [4.69, 9.17) is 14.2 Å². The van der Waals surface area contributed by atoms with E-state index in [1.807, 2.05) is 37.3 Å². The number of anilines is 1. The Labute approximate surface area is 178 Å². The molecule has 3 rings (SSSR count). The number of rotatable bonds is 8. The van der Waals surface area contributed by atoms with Crippen LogP contribution in [0.5, 0.6) is 17.2 Å². The number of ether oxygens (including phenoxy) is 3. The van der Waals surface area contributed by atoms with Gasteiger partial charge in [0.1, 0.15) is 38.5 Å². The molecule has 30 heavy (non-hydrogen) atoms. The Morgan fingerprint density at radius 3 is 2.37 bits per heavy atom. The van der Waals surface area contributed by atoms with E-state index in [9.17, 15) is 4.79 Å². The van der Waals surface area contributed by atoms with Crippen LogP contribution in [0.2, 0.25) is 0 Å². The highest BCUT2D eigenvalue weighted by atomic mass is 16.5. The second-order valence-electron chi connectivity index (χ2n) is 7.72. The van der Waals surface area contributed by atoms with Gasteiger partial charge < -0.3 is 29.3 Å². The van der Waals surface area contributed by atoms with Crippen LogP contribution in [0.4, 0.5) is 5.69 Å². The number of amides is 1. The molecule has 7 nitrogen and oxygen atoms in total. The van der Waals surface area contributed by atoms with Crippen molar-refractivity contribution in [2.75, 3.05) is 52.8 Å². The Kier molecular flexibility index (Phi) is 7.54. The van der Waals surface area contributed by atoms with E-state index in [0.29, 0.717) is 0 Å². The van der Waals surface area contributed by atoms with Gasteiger partial charge >= 0.3 is 0 Å². The smallest absolute Gasteiger partial charge is 0.282 e. The van der Waals surface area contributed by atoms with Crippen molar-refractivity contribution >= 4 is 11.6 Å². The summed E-state index contributed by atoms with van der Waals surface area (Å²) in [5.41, 5.74) is 2.00. The molecule has 7 heteroatoms. The molecule has 2 aromatic rings. The molecule has 3 N–H and O–H groups in total. The number of benzene rings is 2. The van der Waals surface area contributed by atoms with Gasteiger partial charge in [-0.15, -0.1) is 0 Å². The number of hydrogen-bond acceptors (Lipinski definition) is 4. The van der Waals surface area contributed by atoms with Gasteiger partial charge in [0, 0.05) is 17.3 Å². The molecule has 1 aliphatic rings. The summed E-state index contributed by atoms with van der Waals surface area (Å²) >= 11 is 0. The van der Waals surface area contributed by atoms with Crippen molar-refractivity contribution in [1.29, 1.82) is 0 Å². The largest absolute Gasteiger partial charge is 0.497 e. The predicted molar refractivity (Wildman–Crippen MR) is 116 cm³/mol. The minimum absolute atomic E-state index is 0.0431. The standard InChI is InChI=1S/C23H31N3O4/c1-17(23(27)24-19-6-5-7-20(15-19)28-2)26-12-10-25(11-13-26)16-18-8-9-21(29-3)22(14-18)30-4/h5-9,14-15,17H,10-13,16H2,1-4H3,(H,24,27)/p+2/t17-/m0/s1. The van der Waals surface area contributed by atoms with Crippen molar-refractivity contribution in [3.05, 3.63) is 48.0 Å².